The lowest BCUT2D eigenvalue weighted by Crippen LogP contribution is -2.22. The van der Waals surface area contributed by atoms with Crippen LogP contribution in [-0.4, -0.2) is 24.8 Å². The molecule has 0 radical (unpaired) electrons. The Balaban J connectivity index is 2.60. The summed E-state index contributed by atoms with van der Waals surface area (Å²) in [6, 6.07) is 0. The Labute approximate surface area is 72.7 Å². The largest absolute Gasteiger partial charge is 0.481 e. The predicted octanol–water partition coefficient (Wildman–Crippen LogP) is 1.52. The van der Waals surface area contributed by atoms with Gasteiger partial charge < -0.3 is 9.84 Å². The number of carboxylic acid groups (broad SMARTS) is 1. The van der Waals surface area contributed by atoms with E-state index in [1.54, 1.807) is 7.11 Å². The molecular formula is C9H16O3. The molecule has 0 aromatic rings. The number of aliphatic carboxylic acids is 1. The molecule has 1 atom stereocenters. The van der Waals surface area contributed by atoms with Crippen LogP contribution in [-0.2, 0) is 9.53 Å². The summed E-state index contributed by atoms with van der Waals surface area (Å²) >= 11 is 0. The fourth-order valence-corrected chi connectivity index (χ4v) is 1.89. The summed E-state index contributed by atoms with van der Waals surface area (Å²) in [4.78, 5) is 10.9. The van der Waals surface area contributed by atoms with Crippen molar-refractivity contribution in [2.75, 3.05) is 13.7 Å². The molecule has 0 heterocycles. The number of carboxylic acids is 1. The first-order valence-electron chi connectivity index (χ1n) is 4.19. The fourth-order valence-electron chi connectivity index (χ4n) is 1.89. The van der Waals surface area contributed by atoms with Crippen molar-refractivity contribution in [1.29, 1.82) is 0 Å². The van der Waals surface area contributed by atoms with E-state index in [1.165, 1.54) is 0 Å². The van der Waals surface area contributed by atoms with E-state index in [-0.39, 0.29) is 5.41 Å². The molecule has 0 aliphatic heterocycles. The fraction of sp³-hybridized carbons (Fsp3) is 0.889. The van der Waals surface area contributed by atoms with Crippen LogP contribution in [0.5, 0.6) is 0 Å². The van der Waals surface area contributed by atoms with Gasteiger partial charge in [-0.2, -0.15) is 0 Å². The molecule has 0 saturated heterocycles. The summed E-state index contributed by atoms with van der Waals surface area (Å²) in [6.07, 6.45) is 1.41. The molecule has 1 aliphatic rings. The molecule has 0 spiro atoms. The highest BCUT2D eigenvalue weighted by atomic mass is 16.5. The minimum atomic E-state index is -0.676. The van der Waals surface area contributed by atoms with Crippen LogP contribution in [0.2, 0.25) is 0 Å². The zero-order chi connectivity index (χ0) is 9.41. The van der Waals surface area contributed by atoms with Crippen LogP contribution in [0.15, 0.2) is 0 Å². The molecule has 12 heavy (non-hydrogen) atoms. The molecule has 1 rings (SSSR count). The molecule has 0 bridgehead atoms. The Bertz CT molecular complexity index is 198. The summed E-state index contributed by atoms with van der Waals surface area (Å²) in [7, 11) is 1.60. The van der Waals surface area contributed by atoms with E-state index in [1.807, 2.05) is 13.8 Å². The normalized spacial score (nSPS) is 31.6. The van der Waals surface area contributed by atoms with Gasteiger partial charge in [0.05, 0.1) is 5.41 Å². The van der Waals surface area contributed by atoms with Crippen molar-refractivity contribution >= 4 is 5.97 Å². The van der Waals surface area contributed by atoms with Crippen LogP contribution in [0, 0.1) is 10.8 Å². The number of hydrogen-bond acceptors (Lipinski definition) is 2. The van der Waals surface area contributed by atoms with Gasteiger partial charge in [-0.25, -0.2) is 0 Å². The molecule has 1 saturated carbocycles. The highest BCUT2D eigenvalue weighted by molar-refractivity contribution is 5.79. The number of hydrogen-bond donors (Lipinski definition) is 1. The predicted molar refractivity (Wildman–Crippen MR) is 45.0 cm³/mol. The summed E-state index contributed by atoms with van der Waals surface area (Å²) in [6.45, 7) is 4.53. The van der Waals surface area contributed by atoms with E-state index in [0.717, 1.165) is 6.42 Å². The number of methoxy groups -OCH3 is 1. The molecule has 0 amide bonds. The van der Waals surface area contributed by atoms with Gasteiger partial charge in [0.15, 0.2) is 0 Å². The molecule has 3 nitrogen and oxygen atoms in total. The molecule has 1 N–H and O–H groups in total. The van der Waals surface area contributed by atoms with Crippen molar-refractivity contribution in [3.8, 4) is 0 Å². The Morgan fingerprint density at radius 3 is 2.33 bits per heavy atom. The zero-order valence-electron chi connectivity index (χ0n) is 7.89. The molecule has 1 aliphatic carbocycles. The summed E-state index contributed by atoms with van der Waals surface area (Å²) in [5.74, 6) is -0.676. The van der Waals surface area contributed by atoms with E-state index in [9.17, 15) is 4.79 Å². The third-order valence-electron chi connectivity index (χ3n) is 3.06. The van der Waals surface area contributed by atoms with Gasteiger partial charge >= 0.3 is 5.97 Å². The van der Waals surface area contributed by atoms with E-state index >= 15 is 0 Å². The lowest BCUT2D eigenvalue weighted by Gasteiger charge is -2.14. The van der Waals surface area contributed by atoms with E-state index in [2.05, 4.69) is 0 Å². The second-order valence-electron chi connectivity index (χ2n) is 4.19. The monoisotopic (exact) mass is 172 g/mol. The Morgan fingerprint density at radius 2 is 2.08 bits per heavy atom. The highest BCUT2D eigenvalue weighted by Crippen LogP contribution is 2.65. The van der Waals surface area contributed by atoms with Gasteiger partial charge in [0.1, 0.15) is 0 Å². The highest BCUT2D eigenvalue weighted by Gasteiger charge is 2.65. The maximum absolute atomic E-state index is 10.9. The number of ether oxygens (including phenoxy) is 1. The average molecular weight is 172 g/mol. The minimum absolute atomic E-state index is 0.0443. The van der Waals surface area contributed by atoms with Gasteiger partial charge in [-0.1, -0.05) is 13.8 Å². The second-order valence-corrected chi connectivity index (χ2v) is 4.19. The van der Waals surface area contributed by atoms with Crippen LogP contribution < -0.4 is 0 Å². The van der Waals surface area contributed by atoms with Crippen molar-refractivity contribution < 1.29 is 14.6 Å². The smallest absolute Gasteiger partial charge is 0.310 e. The molecule has 1 unspecified atom stereocenters. The van der Waals surface area contributed by atoms with Crippen molar-refractivity contribution in [2.45, 2.75) is 26.7 Å². The van der Waals surface area contributed by atoms with Crippen LogP contribution in [0.3, 0.4) is 0 Å². The van der Waals surface area contributed by atoms with Gasteiger partial charge in [-0.3, -0.25) is 4.79 Å². The van der Waals surface area contributed by atoms with Gasteiger partial charge in [-0.05, 0) is 18.3 Å². The molecule has 0 aromatic heterocycles. The SMILES string of the molecule is COCCC1(C(=O)O)CC1(C)C. The van der Waals surface area contributed by atoms with Crippen LogP contribution in [0.4, 0.5) is 0 Å². The maximum atomic E-state index is 10.9. The molecule has 1 fully saturated rings. The molecule has 0 aromatic carbocycles. The average Bonchev–Trinajstić information content (AvgIpc) is 2.51. The standard InChI is InChI=1S/C9H16O3/c1-8(2)6-9(8,7(10)11)4-5-12-3/h4-6H2,1-3H3,(H,10,11). The first-order chi connectivity index (χ1) is 5.46. The van der Waals surface area contributed by atoms with E-state index in [0.29, 0.717) is 13.0 Å². The lowest BCUT2D eigenvalue weighted by molar-refractivity contribution is -0.145. The van der Waals surface area contributed by atoms with Gasteiger partial charge in [0.25, 0.3) is 0 Å². The topological polar surface area (TPSA) is 46.5 Å². The third-order valence-corrected chi connectivity index (χ3v) is 3.06. The molecule has 70 valence electrons. The zero-order valence-corrected chi connectivity index (χ0v) is 7.89. The molecule has 3 heteroatoms. The third kappa shape index (κ3) is 1.22. The first kappa shape index (κ1) is 9.52. The van der Waals surface area contributed by atoms with Gasteiger partial charge in [0.2, 0.25) is 0 Å². The van der Waals surface area contributed by atoms with Crippen LogP contribution >= 0.6 is 0 Å². The summed E-state index contributed by atoms with van der Waals surface area (Å²) in [5.41, 5.74) is -0.555. The maximum Gasteiger partial charge on any atom is 0.310 e. The first-order valence-corrected chi connectivity index (χ1v) is 4.19. The number of rotatable bonds is 4. The summed E-state index contributed by atoms with van der Waals surface area (Å²) < 4.78 is 4.90. The van der Waals surface area contributed by atoms with E-state index < -0.39 is 11.4 Å². The Morgan fingerprint density at radius 1 is 1.58 bits per heavy atom. The minimum Gasteiger partial charge on any atom is -0.481 e. The Hall–Kier alpha value is -0.570. The second kappa shape index (κ2) is 2.73. The van der Waals surface area contributed by atoms with Crippen LogP contribution in [0.25, 0.3) is 0 Å². The quantitative estimate of drug-likeness (QED) is 0.699. The van der Waals surface area contributed by atoms with E-state index in [4.69, 9.17) is 9.84 Å². The van der Waals surface area contributed by atoms with Crippen molar-refractivity contribution in [1.82, 2.24) is 0 Å². The molecular weight excluding hydrogens is 156 g/mol. The van der Waals surface area contributed by atoms with Crippen molar-refractivity contribution in [3.05, 3.63) is 0 Å². The Kier molecular flexibility index (Phi) is 2.17. The lowest BCUT2D eigenvalue weighted by atomic mass is 9.93. The summed E-state index contributed by atoms with van der Waals surface area (Å²) in [5, 5.41) is 9.01. The van der Waals surface area contributed by atoms with Crippen LogP contribution in [0.1, 0.15) is 26.7 Å². The van der Waals surface area contributed by atoms with Crippen molar-refractivity contribution in [2.24, 2.45) is 10.8 Å². The van der Waals surface area contributed by atoms with Crippen molar-refractivity contribution in [3.63, 3.8) is 0 Å². The number of carbonyl (C=O) groups is 1. The van der Waals surface area contributed by atoms with Gasteiger partial charge in [-0.15, -0.1) is 0 Å². The van der Waals surface area contributed by atoms with Gasteiger partial charge in [0, 0.05) is 13.7 Å².